The highest BCUT2D eigenvalue weighted by atomic mass is 79.9. The molecule has 0 radical (unpaired) electrons. The van der Waals surface area contributed by atoms with Crippen LogP contribution in [0.15, 0.2) is 82.4 Å². The minimum absolute atomic E-state index is 0.258. The molecule has 7 nitrogen and oxygen atoms in total. The zero-order valence-corrected chi connectivity index (χ0v) is 18.9. The number of hydrogen-bond acceptors (Lipinski definition) is 5. The Labute approximate surface area is 197 Å². The van der Waals surface area contributed by atoms with Crippen LogP contribution in [0.25, 0.3) is 0 Å². The van der Waals surface area contributed by atoms with Crippen molar-refractivity contribution in [3.05, 3.63) is 99.0 Å². The third-order valence-corrected chi connectivity index (χ3v) is 4.96. The summed E-state index contributed by atoms with van der Waals surface area (Å²) in [6.07, 6.45) is 1.42. The van der Waals surface area contributed by atoms with Gasteiger partial charge in [-0.05, 0) is 66.2 Å². The van der Waals surface area contributed by atoms with Crippen molar-refractivity contribution in [2.24, 2.45) is 5.10 Å². The predicted molar refractivity (Wildman–Crippen MR) is 125 cm³/mol. The fourth-order valence-corrected chi connectivity index (χ4v) is 2.98. The Morgan fingerprint density at radius 2 is 1.66 bits per heavy atom. The van der Waals surface area contributed by atoms with Gasteiger partial charge in [-0.25, -0.2) is 10.2 Å². The average molecular weight is 515 g/mol. The fraction of sp³-hybridized carbons (Fsp3) is 0.0435. The van der Waals surface area contributed by atoms with Gasteiger partial charge in [-0.2, -0.15) is 5.10 Å². The van der Waals surface area contributed by atoms with Crippen molar-refractivity contribution in [3.8, 4) is 5.75 Å². The number of amides is 2. The number of halogens is 2. The Balaban J connectivity index is 1.45. The number of hydrazone groups is 1. The van der Waals surface area contributed by atoms with Gasteiger partial charge in [-0.15, -0.1) is 0 Å². The molecule has 162 valence electrons. The van der Waals surface area contributed by atoms with Crippen LogP contribution in [0.3, 0.4) is 0 Å². The van der Waals surface area contributed by atoms with E-state index in [0.29, 0.717) is 21.9 Å². The number of esters is 1. The van der Waals surface area contributed by atoms with E-state index in [1.165, 1.54) is 6.21 Å². The van der Waals surface area contributed by atoms with Crippen molar-refractivity contribution in [1.29, 1.82) is 0 Å². The predicted octanol–water partition coefficient (Wildman–Crippen LogP) is 4.20. The van der Waals surface area contributed by atoms with Crippen LogP contribution in [0.5, 0.6) is 5.75 Å². The number of rotatable bonds is 7. The molecule has 0 aliphatic heterocycles. The first-order valence-electron chi connectivity index (χ1n) is 9.35. The smallest absolute Gasteiger partial charge is 0.343 e. The molecule has 0 saturated carbocycles. The van der Waals surface area contributed by atoms with Crippen LogP contribution in [0.2, 0.25) is 5.02 Å². The zero-order chi connectivity index (χ0) is 22.9. The maximum atomic E-state index is 12.1. The highest BCUT2D eigenvalue weighted by molar-refractivity contribution is 9.10. The van der Waals surface area contributed by atoms with Crippen LogP contribution >= 0.6 is 27.5 Å². The third-order valence-electron chi connectivity index (χ3n) is 4.10. The number of ether oxygens (including phenoxy) is 1. The number of hydrogen-bond donors (Lipinski definition) is 2. The lowest BCUT2D eigenvalue weighted by Gasteiger charge is -2.06. The summed E-state index contributed by atoms with van der Waals surface area (Å²) >= 11 is 9.26. The Hall–Kier alpha value is -3.49. The van der Waals surface area contributed by atoms with Gasteiger partial charge in [0.15, 0.2) is 0 Å². The second kappa shape index (κ2) is 11.2. The average Bonchev–Trinajstić information content (AvgIpc) is 2.79. The second-order valence-corrected chi connectivity index (χ2v) is 7.74. The summed E-state index contributed by atoms with van der Waals surface area (Å²) < 4.78 is 6.19. The fourth-order valence-electron chi connectivity index (χ4n) is 2.49. The van der Waals surface area contributed by atoms with E-state index in [1.807, 2.05) is 0 Å². The van der Waals surface area contributed by atoms with Gasteiger partial charge in [-0.3, -0.25) is 9.59 Å². The molecule has 0 unspecified atom stereocenters. The molecular weight excluding hydrogens is 498 g/mol. The monoisotopic (exact) mass is 513 g/mol. The summed E-state index contributed by atoms with van der Waals surface area (Å²) in [6, 6.07) is 20.0. The minimum Gasteiger partial charge on any atom is -0.423 e. The van der Waals surface area contributed by atoms with Crippen molar-refractivity contribution < 1.29 is 19.1 Å². The minimum atomic E-state index is -0.498. The van der Waals surface area contributed by atoms with Crippen LogP contribution in [0.4, 0.5) is 0 Å². The van der Waals surface area contributed by atoms with Gasteiger partial charge >= 0.3 is 5.97 Å². The summed E-state index contributed by atoms with van der Waals surface area (Å²) in [5, 5.41) is 6.61. The van der Waals surface area contributed by atoms with E-state index in [2.05, 4.69) is 31.8 Å². The lowest BCUT2D eigenvalue weighted by atomic mass is 10.2. The topological polar surface area (TPSA) is 96.9 Å². The van der Waals surface area contributed by atoms with Gasteiger partial charge in [-0.1, -0.05) is 39.7 Å². The van der Waals surface area contributed by atoms with Crippen LogP contribution in [-0.2, 0) is 4.79 Å². The zero-order valence-electron chi connectivity index (χ0n) is 16.5. The third kappa shape index (κ3) is 6.76. The Kier molecular flexibility index (Phi) is 8.13. The highest BCUT2D eigenvalue weighted by Gasteiger charge is 2.11. The molecule has 2 N–H and O–H groups in total. The molecule has 0 aromatic heterocycles. The van der Waals surface area contributed by atoms with Crippen molar-refractivity contribution in [2.45, 2.75) is 0 Å². The van der Waals surface area contributed by atoms with E-state index in [1.54, 1.807) is 72.8 Å². The summed E-state index contributed by atoms with van der Waals surface area (Å²) in [4.78, 5) is 36.0. The molecule has 0 atom stereocenters. The van der Waals surface area contributed by atoms with Gasteiger partial charge in [0.2, 0.25) is 0 Å². The molecule has 3 aromatic rings. The van der Waals surface area contributed by atoms with Gasteiger partial charge in [0.25, 0.3) is 11.8 Å². The van der Waals surface area contributed by atoms with Crippen molar-refractivity contribution in [3.63, 3.8) is 0 Å². The van der Waals surface area contributed by atoms with Crippen LogP contribution in [-0.4, -0.2) is 30.5 Å². The number of nitrogens with zero attached hydrogens (tertiary/aromatic N) is 1. The summed E-state index contributed by atoms with van der Waals surface area (Å²) in [7, 11) is 0. The van der Waals surface area contributed by atoms with E-state index in [-0.39, 0.29) is 12.1 Å². The first-order chi connectivity index (χ1) is 15.4. The number of benzene rings is 3. The van der Waals surface area contributed by atoms with Crippen molar-refractivity contribution >= 4 is 51.5 Å². The van der Waals surface area contributed by atoms with Crippen molar-refractivity contribution in [1.82, 2.24) is 10.7 Å². The molecule has 0 saturated heterocycles. The summed E-state index contributed by atoms with van der Waals surface area (Å²) in [6.45, 7) is -0.258. The van der Waals surface area contributed by atoms with Crippen LogP contribution in [0, 0.1) is 0 Å². The number of nitrogens with one attached hydrogen (secondary N) is 2. The molecule has 3 rings (SSSR count). The highest BCUT2D eigenvalue weighted by Crippen LogP contribution is 2.16. The van der Waals surface area contributed by atoms with E-state index in [0.717, 1.165) is 4.47 Å². The normalized spacial score (nSPS) is 10.6. The van der Waals surface area contributed by atoms with Gasteiger partial charge in [0.1, 0.15) is 5.75 Å². The first-order valence-corrected chi connectivity index (χ1v) is 10.5. The first kappa shape index (κ1) is 23.2. The molecule has 0 spiro atoms. The largest absolute Gasteiger partial charge is 0.423 e. The maximum Gasteiger partial charge on any atom is 0.343 e. The second-order valence-electron chi connectivity index (χ2n) is 6.42. The lowest BCUT2D eigenvalue weighted by molar-refractivity contribution is -0.120. The molecule has 0 heterocycles. The molecule has 3 aromatic carbocycles. The molecule has 2 amide bonds. The summed E-state index contributed by atoms with van der Waals surface area (Å²) in [5.74, 6) is -1.05. The molecule has 32 heavy (non-hydrogen) atoms. The van der Waals surface area contributed by atoms with E-state index in [4.69, 9.17) is 16.3 Å². The van der Waals surface area contributed by atoms with E-state index in [9.17, 15) is 14.4 Å². The quantitative estimate of drug-likeness (QED) is 0.214. The number of carbonyl (C=O) groups is 3. The molecular formula is C23H17BrClN3O4. The molecule has 0 aliphatic rings. The van der Waals surface area contributed by atoms with Gasteiger partial charge in [0.05, 0.1) is 28.9 Å². The molecule has 0 aliphatic carbocycles. The Bertz CT molecular complexity index is 1150. The molecule has 0 bridgehead atoms. The summed E-state index contributed by atoms with van der Waals surface area (Å²) in [5.41, 5.74) is 3.71. The Morgan fingerprint density at radius 1 is 0.969 bits per heavy atom. The van der Waals surface area contributed by atoms with Gasteiger partial charge < -0.3 is 10.1 Å². The SMILES string of the molecule is O=C(CNC(=O)c1ccccc1Cl)N/N=C\c1ccc(OC(=O)c2ccc(Br)cc2)cc1. The van der Waals surface area contributed by atoms with E-state index >= 15 is 0 Å². The number of carbonyl (C=O) groups excluding carboxylic acids is 3. The van der Waals surface area contributed by atoms with Crippen LogP contribution in [0.1, 0.15) is 26.3 Å². The maximum absolute atomic E-state index is 12.1. The molecule has 9 heteroatoms. The standard InChI is InChI=1S/C23H17BrClN3O4/c24-17-9-7-16(8-10-17)23(31)32-18-11-5-15(6-12-18)13-27-28-21(29)14-26-22(30)19-3-1-2-4-20(19)25/h1-13H,14H2,(H,26,30)(H,28,29)/b27-13-. The van der Waals surface area contributed by atoms with Crippen molar-refractivity contribution in [2.75, 3.05) is 6.54 Å². The Morgan fingerprint density at radius 3 is 2.34 bits per heavy atom. The van der Waals surface area contributed by atoms with Gasteiger partial charge in [0, 0.05) is 4.47 Å². The van der Waals surface area contributed by atoms with E-state index < -0.39 is 17.8 Å². The van der Waals surface area contributed by atoms with Crippen LogP contribution < -0.4 is 15.5 Å². The lowest BCUT2D eigenvalue weighted by Crippen LogP contribution is -2.35. The molecule has 0 fully saturated rings.